The van der Waals surface area contributed by atoms with Crippen molar-refractivity contribution in [2.45, 2.75) is 180 Å². The monoisotopic (exact) mass is 1330 g/mol. The second kappa shape index (κ2) is 31.5. The number of esters is 2. The maximum Gasteiger partial charge on any atom is 0.412 e. The number of hydrogen-bond acceptors (Lipinski definition) is 15. The SMILES string of the molecule is COc1cc(NC(=O)O[C@H]2CC(=O)N(C)c3cc(cc(C)c3Cl)C/C(C)=C/C=C/[C@@H](OC)[C@]3(O)CC(=O)O[C@@H](C3)[C@@H](C)[C@@H]3O[C@@]23C)ccc1CC(=O)[C@H](CCCNC(N)=O)NC(=O)[C@@H](CC(=O)CCCCC(C)(C)OC(=O)C(CBr)CBr)C(C)C. The molecule has 3 heterocycles. The fourth-order valence-electron chi connectivity index (χ4n) is 11.0. The normalized spacial score (nSPS) is 24.4. The quantitative estimate of drug-likeness (QED) is 0.0203. The first-order valence-corrected chi connectivity index (χ1v) is 31.5. The van der Waals surface area contributed by atoms with Gasteiger partial charge in [-0.1, -0.05) is 100 Å². The molecule has 2 saturated heterocycles. The third-order valence-corrected chi connectivity index (χ3v) is 18.2. The number of ketones is 2. The Morgan fingerprint density at radius 1 is 1.02 bits per heavy atom. The van der Waals surface area contributed by atoms with E-state index < -0.39 is 94.8 Å². The van der Waals surface area contributed by atoms with E-state index >= 15 is 0 Å². The number of unbranched alkanes of at least 4 members (excludes halogenated alkanes) is 1. The zero-order valence-electron chi connectivity index (χ0n) is 50.7. The van der Waals surface area contributed by atoms with E-state index in [0.717, 1.165) is 16.7 Å². The summed E-state index contributed by atoms with van der Waals surface area (Å²) in [6.45, 7) is 14.8. The summed E-state index contributed by atoms with van der Waals surface area (Å²) in [6, 6.07) is 6.60. The molecule has 23 heteroatoms. The fourth-order valence-corrected chi connectivity index (χ4v) is 12.8. The van der Waals surface area contributed by atoms with Gasteiger partial charge in [-0.3, -0.25) is 34.1 Å². The van der Waals surface area contributed by atoms with Crippen molar-refractivity contribution in [1.29, 1.82) is 0 Å². The number of aliphatic hydroxyl groups is 1. The minimum absolute atomic E-state index is 0.00753. The highest BCUT2D eigenvalue weighted by Crippen LogP contribution is 2.50. The van der Waals surface area contributed by atoms with Crippen LogP contribution in [0.25, 0.3) is 0 Å². The summed E-state index contributed by atoms with van der Waals surface area (Å²) < 4.78 is 35.5. The topological polar surface area (TPSA) is 281 Å². The van der Waals surface area contributed by atoms with Crippen LogP contribution in [0.4, 0.5) is 21.0 Å². The summed E-state index contributed by atoms with van der Waals surface area (Å²) in [6.07, 6.45) is 2.61. The molecule has 0 spiro atoms. The number of carbonyl (C=O) groups is 8. The number of fused-ring (bicyclic) bond motifs is 5. The highest BCUT2D eigenvalue weighted by atomic mass is 79.9. The van der Waals surface area contributed by atoms with Crippen LogP contribution in [0.15, 0.2) is 54.1 Å². The second-order valence-corrected chi connectivity index (χ2v) is 25.6. The van der Waals surface area contributed by atoms with Crippen LogP contribution in [0.5, 0.6) is 5.75 Å². The van der Waals surface area contributed by atoms with Gasteiger partial charge in [0.2, 0.25) is 11.8 Å². The van der Waals surface area contributed by atoms with Crippen LogP contribution in [-0.2, 0) is 65.3 Å². The van der Waals surface area contributed by atoms with Crippen molar-refractivity contribution in [3.05, 3.63) is 75.8 Å². The van der Waals surface area contributed by atoms with E-state index in [1.807, 2.05) is 59.8 Å². The highest BCUT2D eigenvalue weighted by molar-refractivity contribution is 9.09. The number of benzene rings is 2. The van der Waals surface area contributed by atoms with Gasteiger partial charge >= 0.3 is 24.1 Å². The molecule has 0 aliphatic carbocycles. The van der Waals surface area contributed by atoms with Crippen LogP contribution < -0.4 is 31.3 Å². The van der Waals surface area contributed by atoms with Gasteiger partial charge in [-0.2, -0.15) is 0 Å². The van der Waals surface area contributed by atoms with Crippen molar-refractivity contribution in [2.75, 3.05) is 48.7 Å². The van der Waals surface area contributed by atoms with Gasteiger partial charge in [0.25, 0.3) is 0 Å². The predicted octanol–water partition coefficient (Wildman–Crippen LogP) is 9.50. The summed E-state index contributed by atoms with van der Waals surface area (Å²) >= 11 is 13.5. The number of ether oxygens (including phenoxy) is 6. The first-order chi connectivity index (χ1) is 40.0. The molecule has 20 nitrogen and oxygen atoms in total. The lowest BCUT2D eigenvalue weighted by Crippen LogP contribution is -2.53. The predicted molar refractivity (Wildman–Crippen MR) is 330 cm³/mol. The number of Topliss-reactive ketones (excluding diaryl/α,β-unsaturated/α-hetero) is 2. The second-order valence-electron chi connectivity index (χ2n) is 23.9. The minimum atomic E-state index is -1.63. The molecule has 470 valence electrons. The maximum atomic E-state index is 14.4. The number of carbonyl (C=O) groups excluding carboxylic acids is 8. The number of amides is 5. The fraction of sp³-hybridized carbons (Fsp3) is 0.613. The highest BCUT2D eigenvalue weighted by Gasteiger charge is 2.64. The molecular formula is C62H86Br2ClN5O15. The van der Waals surface area contributed by atoms with Gasteiger partial charge in [0.15, 0.2) is 5.78 Å². The van der Waals surface area contributed by atoms with Crippen molar-refractivity contribution < 1.29 is 71.9 Å². The molecule has 5 amide bonds. The van der Waals surface area contributed by atoms with E-state index in [1.54, 1.807) is 39.1 Å². The average Bonchev–Trinajstić information content (AvgIpc) is 1.85. The molecule has 0 unspecified atom stereocenters. The number of hydrogen-bond donors (Lipinski definition) is 5. The van der Waals surface area contributed by atoms with Crippen molar-refractivity contribution in [2.24, 2.45) is 29.4 Å². The molecule has 3 aliphatic heterocycles. The van der Waals surface area contributed by atoms with Crippen molar-refractivity contribution in [1.82, 2.24) is 10.6 Å². The molecule has 0 radical (unpaired) electrons. The molecule has 3 aliphatic rings. The molecule has 9 atom stereocenters. The summed E-state index contributed by atoms with van der Waals surface area (Å²) in [5.41, 5.74) is 5.27. The maximum absolute atomic E-state index is 14.4. The molecule has 5 rings (SSSR count). The Hall–Kier alpha value is -5.39. The third kappa shape index (κ3) is 19.8. The molecule has 2 aromatic carbocycles. The van der Waals surface area contributed by atoms with Crippen LogP contribution in [0, 0.1) is 30.6 Å². The number of halogens is 3. The smallest absolute Gasteiger partial charge is 0.412 e. The lowest BCUT2D eigenvalue weighted by molar-refractivity contribution is -0.187. The number of rotatable bonds is 25. The number of methoxy groups -OCH3 is 2. The van der Waals surface area contributed by atoms with Gasteiger partial charge in [-0.15, -0.1) is 0 Å². The van der Waals surface area contributed by atoms with E-state index in [1.165, 1.54) is 31.3 Å². The number of aryl methyl sites for hydroxylation is 1. The Morgan fingerprint density at radius 3 is 2.38 bits per heavy atom. The number of allylic oxidation sites excluding steroid dienone is 3. The number of anilines is 2. The van der Waals surface area contributed by atoms with E-state index in [9.17, 15) is 43.5 Å². The lowest BCUT2D eigenvalue weighted by atomic mass is 9.78. The Balaban J connectivity index is 1.33. The van der Waals surface area contributed by atoms with Crippen LogP contribution in [-0.4, -0.2) is 138 Å². The number of primary amides is 1. The van der Waals surface area contributed by atoms with E-state index in [0.29, 0.717) is 52.6 Å². The number of nitrogens with two attached hydrogens (primary N) is 1. The molecule has 0 saturated carbocycles. The average molecular weight is 1340 g/mol. The Morgan fingerprint density at radius 2 is 1.73 bits per heavy atom. The van der Waals surface area contributed by atoms with Crippen LogP contribution in [0.2, 0.25) is 5.02 Å². The van der Waals surface area contributed by atoms with E-state index in [-0.39, 0.29) is 92.9 Å². The molecule has 0 aromatic heterocycles. The Labute approximate surface area is 521 Å². The summed E-state index contributed by atoms with van der Waals surface area (Å²) in [4.78, 5) is 109. The number of alkyl halides is 2. The number of nitrogens with one attached hydrogen (secondary N) is 3. The summed E-state index contributed by atoms with van der Waals surface area (Å²) in [5.74, 6) is -4.07. The largest absolute Gasteiger partial charge is 0.496 e. The molecule has 2 aromatic rings. The zero-order chi connectivity index (χ0) is 63.1. The van der Waals surface area contributed by atoms with Gasteiger partial charge in [0.1, 0.15) is 46.6 Å². The van der Waals surface area contributed by atoms with Gasteiger partial charge < -0.3 is 54.8 Å². The molecule has 6 N–H and O–H groups in total. The first kappa shape index (κ1) is 70.4. The summed E-state index contributed by atoms with van der Waals surface area (Å²) in [5, 5.41) is 21.4. The Kier molecular flexibility index (Phi) is 26.1. The Bertz CT molecular complexity index is 2810. The van der Waals surface area contributed by atoms with Crippen molar-refractivity contribution in [3.63, 3.8) is 0 Å². The minimum Gasteiger partial charge on any atom is -0.496 e. The number of epoxide rings is 1. The van der Waals surface area contributed by atoms with Gasteiger partial charge in [0, 0.05) is 86.2 Å². The van der Waals surface area contributed by atoms with Crippen LogP contribution >= 0.6 is 43.5 Å². The van der Waals surface area contributed by atoms with Gasteiger partial charge in [-0.25, -0.2) is 9.59 Å². The molecular weight excluding hydrogens is 1250 g/mol. The number of nitrogens with zero attached hydrogens (tertiary/aromatic N) is 1. The van der Waals surface area contributed by atoms with Gasteiger partial charge in [-0.05, 0) is 102 Å². The zero-order valence-corrected chi connectivity index (χ0v) is 54.7. The van der Waals surface area contributed by atoms with Crippen molar-refractivity contribution in [3.8, 4) is 5.75 Å². The lowest BCUT2D eigenvalue weighted by Gasteiger charge is -2.41. The van der Waals surface area contributed by atoms with E-state index in [2.05, 4.69) is 47.8 Å². The molecule has 2 fully saturated rings. The summed E-state index contributed by atoms with van der Waals surface area (Å²) in [7, 11) is 4.44. The van der Waals surface area contributed by atoms with Crippen LogP contribution in [0.1, 0.15) is 129 Å². The number of urea groups is 1. The van der Waals surface area contributed by atoms with Crippen LogP contribution in [0.3, 0.4) is 0 Å². The van der Waals surface area contributed by atoms with E-state index in [4.69, 9.17) is 45.8 Å². The standard InChI is InChI=1S/C62H86Br2ClN5O15/c1-35(2)44(29-43(71)17-12-13-22-60(6,7)85-57(76)41(33-63)34-64)56(75)69-45(18-15-23-67-58(66)77)47(72)27-40-20-21-42(28-48(40)80-10)68-59(78)83-51-30-52(73)70(9)46-26-39(25-37(4)54(46)65)24-36(3)16-14-19-50(81-11)62(79)31-49(82-53(74)32-62)38(5)55-61(51,8)84-55/h14,16,19-21,25-26,28,35,38,41,44-45,49-51,55,79H,12-13,15,17-18,22-24,27,29-34H2,1-11H3,(H,68,78)(H,69,75)(H3,66,67,77)/b19-14+,36-16+/t38-,44+,45+,49+,50-,51+,55+,61+,62-/m1/s1. The van der Waals surface area contributed by atoms with Crippen molar-refractivity contribution >= 4 is 102 Å². The molecule has 85 heavy (non-hydrogen) atoms. The van der Waals surface area contributed by atoms with Gasteiger partial charge in [0.05, 0.1) is 48.7 Å². The third-order valence-electron chi connectivity index (χ3n) is 16.2. The molecule has 4 bridgehead atoms. The first-order valence-electron chi connectivity index (χ1n) is 28.9.